The first-order valence-corrected chi connectivity index (χ1v) is 13.0. The minimum absolute atomic E-state index is 0.0777. The Morgan fingerprint density at radius 2 is 1.90 bits per heavy atom. The van der Waals surface area contributed by atoms with Gasteiger partial charge in [0, 0.05) is 31.3 Å². The summed E-state index contributed by atoms with van der Waals surface area (Å²) >= 11 is 0. The molecular formula is C30H36N4O6. The van der Waals surface area contributed by atoms with Gasteiger partial charge in [0.2, 0.25) is 6.41 Å². The van der Waals surface area contributed by atoms with Crippen molar-refractivity contribution in [2.24, 2.45) is 0 Å². The van der Waals surface area contributed by atoms with Crippen molar-refractivity contribution in [2.75, 3.05) is 40.9 Å². The van der Waals surface area contributed by atoms with Crippen molar-refractivity contribution < 1.29 is 28.7 Å². The molecule has 1 fully saturated rings. The molecule has 1 saturated heterocycles. The van der Waals surface area contributed by atoms with Gasteiger partial charge in [-0.2, -0.15) is 0 Å². The van der Waals surface area contributed by atoms with Crippen LogP contribution in [0, 0.1) is 11.8 Å². The fraction of sp³-hybridized carbons (Fsp3) is 0.400. The fourth-order valence-corrected chi connectivity index (χ4v) is 4.82. The van der Waals surface area contributed by atoms with E-state index < -0.39 is 17.5 Å². The number of nitrogens with zero attached hydrogens (tertiary/aromatic N) is 2. The topological polar surface area (TPSA) is 117 Å². The third-order valence-corrected chi connectivity index (χ3v) is 7.08. The lowest BCUT2D eigenvalue weighted by atomic mass is 9.79. The summed E-state index contributed by atoms with van der Waals surface area (Å²) in [5.41, 5.74) is 2.90. The molecular weight excluding hydrogens is 512 g/mol. The zero-order valence-corrected chi connectivity index (χ0v) is 23.6. The first-order valence-electron chi connectivity index (χ1n) is 13.0. The Morgan fingerprint density at radius 1 is 1.18 bits per heavy atom. The molecule has 2 aliphatic heterocycles. The quantitative estimate of drug-likeness (QED) is 0.323. The highest BCUT2D eigenvalue weighted by molar-refractivity contribution is 5.98. The Labute approximate surface area is 235 Å². The Bertz CT molecular complexity index is 1300. The number of likely N-dealkylation sites (tertiary alicyclic amines) is 1. The Balaban J connectivity index is 0.000000281. The molecule has 212 valence electrons. The molecule has 10 heteroatoms. The van der Waals surface area contributed by atoms with Crippen LogP contribution in [0.3, 0.4) is 0 Å². The van der Waals surface area contributed by atoms with E-state index in [2.05, 4.69) is 29.0 Å². The molecule has 2 aromatic rings. The molecule has 2 unspecified atom stereocenters. The number of fused-ring (bicyclic) bond motifs is 1. The molecule has 2 atom stereocenters. The van der Waals surface area contributed by atoms with E-state index in [4.69, 9.17) is 9.47 Å². The van der Waals surface area contributed by atoms with Gasteiger partial charge in [0.15, 0.2) is 0 Å². The molecule has 4 amide bonds. The normalized spacial score (nSPS) is 18.3. The van der Waals surface area contributed by atoms with Gasteiger partial charge in [0.1, 0.15) is 11.2 Å². The van der Waals surface area contributed by atoms with E-state index in [1.165, 1.54) is 7.11 Å². The first kappa shape index (κ1) is 30.2. The number of benzene rings is 2. The summed E-state index contributed by atoms with van der Waals surface area (Å²) in [6.07, 6.45) is 1.04. The van der Waals surface area contributed by atoms with Crippen LogP contribution in [0.5, 0.6) is 5.75 Å². The lowest BCUT2D eigenvalue weighted by molar-refractivity contribution is -0.147. The molecule has 0 bridgehead atoms. The highest BCUT2D eigenvalue weighted by Gasteiger charge is 2.46. The van der Waals surface area contributed by atoms with Crippen LogP contribution in [0.15, 0.2) is 42.5 Å². The van der Waals surface area contributed by atoms with E-state index in [0.717, 1.165) is 47.5 Å². The molecule has 2 heterocycles. The predicted molar refractivity (Wildman–Crippen MR) is 150 cm³/mol. The molecule has 0 aromatic heterocycles. The summed E-state index contributed by atoms with van der Waals surface area (Å²) in [6, 6.07) is 12.2. The fourth-order valence-electron chi connectivity index (χ4n) is 4.82. The molecule has 0 aliphatic carbocycles. The summed E-state index contributed by atoms with van der Waals surface area (Å²) in [5, 5.41) is 4.52. The van der Waals surface area contributed by atoms with Gasteiger partial charge < -0.3 is 24.6 Å². The maximum atomic E-state index is 12.5. The van der Waals surface area contributed by atoms with Gasteiger partial charge in [-0.1, -0.05) is 37.0 Å². The van der Waals surface area contributed by atoms with Gasteiger partial charge in [-0.05, 0) is 61.8 Å². The van der Waals surface area contributed by atoms with Crippen molar-refractivity contribution in [3.63, 3.8) is 0 Å². The predicted octanol–water partition coefficient (Wildman–Crippen LogP) is 2.30. The molecule has 0 spiro atoms. The highest BCUT2D eigenvalue weighted by Crippen LogP contribution is 2.36. The zero-order chi connectivity index (χ0) is 29.3. The van der Waals surface area contributed by atoms with Crippen molar-refractivity contribution in [3.8, 4) is 17.6 Å². The number of nitrogens with one attached hydrogen (secondary N) is 2. The monoisotopic (exact) mass is 548 g/mol. The summed E-state index contributed by atoms with van der Waals surface area (Å²) in [6.45, 7) is 6.91. The zero-order valence-electron chi connectivity index (χ0n) is 23.6. The smallest absolute Gasteiger partial charge is 0.322 e. The lowest BCUT2D eigenvalue weighted by Gasteiger charge is -2.27. The molecule has 0 saturated carbocycles. The SMILES string of the molecule is CCN1CCC(C(=O)OC)(c2ccc(C#CC(C)NC(=O)NC=O)cc2)C1.COc1ccc2c(c1)C(=O)N(C)C2. The maximum absolute atomic E-state index is 12.5. The van der Waals surface area contributed by atoms with Crippen LogP contribution in [0.1, 0.15) is 47.3 Å². The highest BCUT2D eigenvalue weighted by atomic mass is 16.5. The van der Waals surface area contributed by atoms with E-state index in [0.29, 0.717) is 19.5 Å². The van der Waals surface area contributed by atoms with Gasteiger partial charge in [0.25, 0.3) is 5.91 Å². The number of methoxy groups -OCH3 is 2. The second-order valence-corrected chi connectivity index (χ2v) is 9.68. The van der Waals surface area contributed by atoms with Crippen molar-refractivity contribution in [2.45, 2.75) is 38.3 Å². The van der Waals surface area contributed by atoms with Crippen LogP contribution in [-0.4, -0.2) is 81.1 Å². The van der Waals surface area contributed by atoms with Gasteiger partial charge in [0.05, 0.1) is 20.3 Å². The number of hydrogen-bond donors (Lipinski definition) is 2. The van der Waals surface area contributed by atoms with E-state index in [1.807, 2.05) is 41.7 Å². The number of ether oxygens (including phenoxy) is 2. The van der Waals surface area contributed by atoms with Crippen LogP contribution in [0.25, 0.3) is 0 Å². The second-order valence-electron chi connectivity index (χ2n) is 9.68. The largest absolute Gasteiger partial charge is 0.497 e. The van der Waals surface area contributed by atoms with Crippen molar-refractivity contribution in [1.29, 1.82) is 0 Å². The number of hydrogen-bond acceptors (Lipinski definition) is 7. The Hall–Kier alpha value is -4.36. The molecule has 2 aliphatic rings. The summed E-state index contributed by atoms with van der Waals surface area (Å²) < 4.78 is 10.1. The number of carbonyl (C=O) groups is 4. The van der Waals surface area contributed by atoms with Crippen molar-refractivity contribution >= 4 is 24.3 Å². The lowest BCUT2D eigenvalue weighted by Crippen LogP contribution is -2.40. The maximum Gasteiger partial charge on any atom is 0.322 e. The van der Waals surface area contributed by atoms with Crippen LogP contribution in [0.4, 0.5) is 4.79 Å². The molecule has 0 radical (unpaired) electrons. The van der Waals surface area contributed by atoms with Crippen LogP contribution >= 0.6 is 0 Å². The number of carbonyl (C=O) groups excluding carboxylic acids is 4. The molecule has 2 N–H and O–H groups in total. The minimum Gasteiger partial charge on any atom is -0.497 e. The minimum atomic E-state index is -0.640. The van der Waals surface area contributed by atoms with Crippen LogP contribution in [-0.2, 0) is 26.3 Å². The number of rotatable bonds is 6. The number of imide groups is 1. The van der Waals surface area contributed by atoms with E-state index in [-0.39, 0.29) is 11.9 Å². The second kappa shape index (κ2) is 13.6. The first-order chi connectivity index (χ1) is 19.2. The summed E-state index contributed by atoms with van der Waals surface area (Å²) in [4.78, 5) is 49.5. The molecule has 10 nitrogen and oxygen atoms in total. The average molecular weight is 549 g/mol. The van der Waals surface area contributed by atoms with Crippen molar-refractivity contribution in [3.05, 3.63) is 64.7 Å². The number of urea groups is 1. The van der Waals surface area contributed by atoms with Crippen LogP contribution in [0.2, 0.25) is 0 Å². The van der Waals surface area contributed by atoms with Gasteiger partial charge in [-0.25, -0.2) is 4.79 Å². The van der Waals surface area contributed by atoms with E-state index in [9.17, 15) is 19.2 Å². The number of amides is 4. The summed E-state index contributed by atoms with van der Waals surface area (Å²) in [5.74, 6) is 6.48. The Morgan fingerprint density at radius 3 is 2.50 bits per heavy atom. The van der Waals surface area contributed by atoms with Crippen LogP contribution < -0.4 is 15.4 Å². The molecule has 4 rings (SSSR count). The van der Waals surface area contributed by atoms with Gasteiger partial charge >= 0.3 is 12.0 Å². The third-order valence-electron chi connectivity index (χ3n) is 7.08. The van der Waals surface area contributed by atoms with Crippen molar-refractivity contribution in [1.82, 2.24) is 20.4 Å². The van der Waals surface area contributed by atoms with Gasteiger partial charge in [-0.3, -0.25) is 19.7 Å². The van der Waals surface area contributed by atoms with E-state index >= 15 is 0 Å². The van der Waals surface area contributed by atoms with Gasteiger partial charge in [-0.15, -0.1) is 0 Å². The standard InChI is InChI=1S/C20H25N3O4.C10H11NO2/c1-4-23-12-11-20(13-23,18(25)27-3)17-9-7-16(8-10-17)6-5-15(2)22-19(26)21-14-24;1-11-6-7-3-4-8(13-2)5-9(7)10(11)12/h7-10,14-15H,4,11-13H2,1-3H3,(H2,21,22,24,26);3-5H,6H2,1-2H3. The summed E-state index contributed by atoms with van der Waals surface area (Å²) in [7, 11) is 4.83. The Kier molecular flexibility index (Phi) is 10.3. The average Bonchev–Trinajstić information content (AvgIpc) is 3.53. The molecule has 40 heavy (non-hydrogen) atoms. The number of likely N-dealkylation sites (N-methyl/N-ethyl adjacent to an activating group) is 1. The number of esters is 1. The van der Waals surface area contributed by atoms with E-state index in [1.54, 1.807) is 32.0 Å². The third kappa shape index (κ3) is 6.98. The molecule has 2 aromatic carbocycles.